The highest BCUT2D eigenvalue weighted by Gasteiger charge is 2.15. The van der Waals surface area contributed by atoms with Crippen LogP contribution < -0.4 is 16.4 Å². The largest absolute Gasteiger partial charge is 0.382 e. The maximum atomic E-state index is 12.0. The Bertz CT molecular complexity index is 579. The molecule has 94 valence electrons. The molecule has 0 aliphatic heterocycles. The number of rotatable bonds is 3. The highest BCUT2D eigenvalue weighted by atomic mass is 32.1. The van der Waals surface area contributed by atoms with Gasteiger partial charge in [-0.15, -0.1) is 0 Å². The van der Waals surface area contributed by atoms with E-state index < -0.39 is 0 Å². The number of aromatic nitrogens is 1. The number of nitrogen functional groups attached to an aromatic ring is 1. The van der Waals surface area contributed by atoms with E-state index in [0.29, 0.717) is 10.0 Å². The summed E-state index contributed by atoms with van der Waals surface area (Å²) in [6.07, 6.45) is 0. The molecule has 0 atom stereocenters. The normalized spacial score (nSPS) is 10.1. The molecule has 0 unspecified atom stereocenters. The Balaban J connectivity index is 2.19. The van der Waals surface area contributed by atoms with Crippen LogP contribution in [0.4, 0.5) is 16.6 Å². The van der Waals surface area contributed by atoms with E-state index in [1.807, 2.05) is 31.2 Å². The van der Waals surface area contributed by atoms with Gasteiger partial charge in [-0.25, -0.2) is 4.98 Å². The fourth-order valence-corrected chi connectivity index (χ4v) is 2.25. The minimum atomic E-state index is -0.239. The van der Waals surface area contributed by atoms with E-state index in [4.69, 9.17) is 5.73 Å². The number of nitrogens with two attached hydrogens (primary N) is 1. The number of amides is 1. The molecular formula is C12H14N4OS. The molecule has 0 bridgehead atoms. The van der Waals surface area contributed by atoms with Crippen molar-refractivity contribution in [3.8, 4) is 0 Å². The van der Waals surface area contributed by atoms with Crippen molar-refractivity contribution in [3.63, 3.8) is 0 Å². The Labute approximate surface area is 109 Å². The third-order valence-electron chi connectivity index (χ3n) is 2.35. The van der Waals surface area contributed by atoms with Gasteiger partial charge in [-0.1, -0.05) is 23.5 Å². The Kier molecular flexibility index (Phi) is 3.47. The van der Waals surface area contributed by atoms with Gasteiger partial charge in [0.2, 0.25) is 0 Å². The van der Waals surface area contributed by atoms with Crippen molar-refractivity contribution in [3.05, 3.63) is 34.7 Å². The molecule has 1 amide bonds. The second-order valence-electron chi connectivity index (χ2n) is 3.81. The topological polar surface area (TPSA) is 80.0 Å². The number of anilines is 3. The van der Waals surface area contributed by atoms with Crippen LogP contribution in [0.25, 0.3) is 0 Å². The van der Waals surface area contributed by atoms with Gasteiger partial charge in [-0.2, -0.15) is 0 Å². The van der Waals surface area contributed by atoms with Crippen molar-refractivity contribution >= 4 is 33.9 Å². The molecule has 0 fully saturated rings. The first-order valence-corrected chi connectivity index (χ1v) is 6.24. The van der Waals surface area contributed by atoms with Gasteiger partial charge in [0, 0.05) is 12.7 Å². The van der Waals surface area contributed by atoms with Gasteiger partial charge >= 0.3 is 0 Å². The lowest BCUT2D eigenvalue weighted by atomic mass is 10.2. The maximum Gasteiger partial charge on any atom is 0.269 e. The van der Waals surface area contributed by atoms with Gasteiger partial charge in [0.1, 0.15) is 10.7 Å². The highest BCUT2D eigenvalue weighted by molar-refractivity contribution is 7.18. The summed E-state index contributed by atoms with van der Waals surface area (Å²) in [7, 11) is 1.74. The van der Waals surface area contributed by atoms with Crippen molar-refractivity contribution in [2.75, 3.05) is 23.4 Å². The number of nitrogens with zero attached hydrogens (tertiary/aromatic N) is 1. The van der Waals surface area contributed by atoms with E-state index in [2.05, 4.69) is 15.6 Å². The van der Waals surface area contributed by atoms with Crippen LogP contribution in [0.5, 0.6) is 0 Å². The number of nitrogens with one attached hydrogen (secondary N) is 2. The van der Waals surface area contributed by atoms with Crippen molar-refractivity contribution in [2.24, 2.45) is 0 Å². The minimum absolute atomic E-state index is 0.239. The lowest BCUT2D eigenvalue weighted by molar-refractivity contribution is 0.103. The standard InChI is InChI=1S/C12H14N4OS/c1-7-4-3-5-8(6-7)15-11(17)9-10(13)16-12(14-2)18-9/h3-6H,13H2,1-2H3,(H,14,16)(H,15,17). The van der Waals surface area contributed by atoms with Gasteiger partial charge in [0.15, 0.2) is 5.13 Å². The van der Waals surface area contributed by atoms with Gasteiger partial charge in [-0.3, -0.25) is 4.79 Å². The SMILES string of the molecule is CNc1nc(N)c(C(=O)Nc2cccc(C)c2)s1. The van der Waals surface area contributed by atoms with E-state index in [0.717, 1.165) is 11.3 Å². The molecule has 0 spiro atoms. The molecule has 4 N–H and O–H groups in total. The first-order valence-electron chi connectivity index (χ1n) is 5.42. The summed E-state index contributed by atoms with van der Waals surface area (Å²) in [4.78, 5) is 16.5. The van der Waals surface area contributed by atoms with Crippen LogP contribution >= 0.6 is 11.3 Å². The molecule has 5 nitrogen and oxygen atoms in total. The zero-order valence-corrected chi connectivity index (χ0v) is 11.0. The molecule has 0 saturated heterocycles. The second kappa shape index (κ2) is 5.05. The van der Waals surface area contributed by atoms with Crippen LogP contribution in [0.1, 0.15) is 15.2 Å². The number of carbonyl (C=O) groups excluding carboxylic acids is 1. The quantitative estimate of drug-likeness (QED) is 0.793. The number of hydrogen-bond acceptors (Lipinski definition) is 5. The number of aryl methyl sites for hydroxylation is 1. The molecule has 1 heterocycles. The fourth-order valence-electron chi connectivity index (χ4n) is 1.51. The Morgan fingerprint density at radius 2 is 2.22 bits per heavy atom. The predicted octanol–water partition coefficient (Wildman–Crippen LogP) is 2.33. The number of benzene rings is 1. The zero-order chi connectivity index (χ0) is 13.1. The van der Waals surface area contributed by atoms with Crippen molar-refractivity contribution in [1.29, 1.82) is 0 Å². The summed E-state index contributed by atoms with van der Waals surface area (Å²) < 4.78 is 0. The van der Waals surface area contributed by atoms with Crippen LogP contribution in [0.15, 0.2) is 24.3 Å². The molecule has 1 aromatic heterocycles. The second-order valence-corrected chi connectivity index (χ2v) is 4.81. The number of thiazole rings is 1. The summed E-state index contributed by atoms with van der Waals surface area (Å²) in [6.45, 7) is 1.97. The lowest BCUT2D eigenvalue weighted by Gasteiger charge is -2.04. The van der Waals surface area contributed by atoms with Crippen molar-refractivity contribution < 1.29 is 4.79 Å². The van der Waals surface area contributed by atoms with E-state index >= 15 is 0 Å². The average Bonchev–Trinajstić information content (AvgIpc) is 2.70. The van der Waals surface area contributed by atoms with Crippen molar-refractivity contribution in [2.45, 2.75) is 6.92 Å². The van der Waals surface area contributed by atoms with E-state index in [1.165, 1.54) is 11.3 Å². The van der Waals surface area contributed by atoms with Gasteiger partial charge < -0.3 is 16.4 Å². The molecule has 0 aliphatic rings. The predicted molar refractivity (Wildman–Crippen MR) is 75.2 cm³/mol. The summed E-state index contributed by atoms with van der Waals surface area (Å²) in [5.41, 5.74) is 7.53. The maximum absolute atomic E-state index is 12.0. The summed E-state index contributed by atoms with van der Waals surface area (Å²) in [6, 6.07) is 7.59. The summed E-state index contributed by atoms with van der Waals surface area (Å²) >= 11 is 1.23. The minimum Gasteiger partial charge on any atom is -0.382 e. The molecule has 0 saturated carbocycles. The molecule has 6 heteroatoms. The van der Waals surface area contributed by atoms with Crippen LogP contribution in [-0.4, -0.2) is 17.9 Å². The Morgan fingerprint density at radius 1 is 1.44 bits per heavy atom. The molecule has 18 heavy (non-hydrogen) atoms. The van der Waals surface area contributed by atoms with Crippen LogP contribution in [-0.2, 0) is 0 Å². The van der Waals surface area contributed by atoms with Crippen LogP contribution in [0.2, 0.25) is 0 Å². The van der Waals surface area contributed by atoms with E-state index in [1.54, 1.807) is 7.05 Å². The Hall–Kier alpha value is -2.08. The molecule has 1 aromatic carbocycles. The molecular weight excluding hydrogens is 248 g/mol. The first-order chi connectivity index (χ1) is 8.60. The van der Waals surface area contributed by atoms with Crippen molar-refractivity contribution in [1.82, 2.24) is 4.98 Å². The average molecular weight is 262 g/mol. The van der Waals surface area contributed by atoms with Gasteiger partial charge in [0.25, 0.3) is 5.91 Å². The molecule has 0 radical (unpaired) electrons. The van der Waals surface area contributed by atoms with Gasteiger partial charge in [0.05, 0.1) is 0 Å². The third-order valence-corrected chi connectivity index (χ3v) is 3.44. The summed E-state index contributed by atoms with van der Waals surface area (Å²) in [5, 5.41) is 6.29. The fraction of sp³-hybridized carbons (Fsp3) is 0.167. The lowest BCUT2D eigenvalue weighted by Crippen LogP contribution is -2.12. The smallest absolute Gasteiger partial charge is 0.269 e. The first kappa shape index (κ1) is 12.4. The zero-order valence-electron chi connectivity index (χ0n) is 10.2. The molecule has 2 rings (SSSR count). The number of hydrogen-bond donors (Lipinski definition) is 3. The highest BCUT2D eigenvalue weighted by Crippen LogP contribution is 2.25. The Morgan fingerprint density at radius 3 is 2.83 bits per heavy atom. The van der Waals surface area contributed by atoms with E-state index in [-0.39, 0.29) is 11.7 Å². The third kappa shape index (κ3) is 2.60. The monoisotopic (exact) mass is 262 g/mol. The molecule has 0 aliphatic carbocycles. The van der Waals surface area contributed by atoms with E-state index in [9.17, 15) is 4.79 Å². The van der Waals surface area contributed by atoms with Crippen LogP contribution in [0, 0.1) is 6.92 Å². The van der Waals surface area contributed by atoms with Gasteiger partial charge in [-0.05, 0) is 24.6 Å². The summed E-state index contributed by atoms with van der Waals surface area (Å²) in [5.74, 6) is 0.00611. The number of carbonyl (C=O) groups is 1. The van der Waals surface area contributed by atoms with Crippen LogP contribution in [0.3, 0.4) is 0 Å². The molecule has 2 aromatic rings.